The highest BCUT2D eigenvalue weighted by Gasteiger charge is 2.31. The highest BCUT2D eigenvalue weighted by molar-refractivity contribution is 5.78. The zero-order valence-electron chi connectivity index (χ0n) is 36.1. The summed E-state index contributed by atoms with van der Waals surface area (Å²) >= 11 is 0. The molecule has 0 radical (unpaired) electrons. The number of ketones is 1. The summed E-state index contributed by atoms with van der Waals surface area (Å²) < 4.78 is 6.03. The van der Waals surface area contributed by atoms with E-state index in [0.29, 0.717) is 18.1 Å². The van der Waals surface area contributed by atoms with Gasteiger partial charge in [-0.3, -0.25) is 9.59 Å². The predicted octanol–water partition coefficient (Wildman–Crippen LogP) is 14.1. The van der Waals surface area contributed by atoms with Crippen molar-refractivity contribution in [3.63, 3.8) is 0 Å². The quantitative estimate of drug-likeness (QED) is 0.0497. The molecule has 1 saturated carbocycles. The minimum atomic E-state index is 0.0219. The van der Waals surface area contributed by atoms with Crippen LogP contribution in [0.15, 0.2) is 0 Å². The third kappa shape index (κ3) is 33.0. The molecule has 0 heterocycles. The minimum Gasteiger partial charge on any atom is -0.462 e. The predicted molar refractivity (Wildman–Crippen MR) is 229 cm³/mol. The highest BCUT2D eigenvalue weighted by Crippen LogP contribution is 2.41. The van der Waals surface area contributed by atoms with Crippen molar-refractivity contribution in [2.24, 2.45) is 11.8 Å². The Labute approximate surface area is 331 Å². The van der Waals surface area contributed by atoms with Crippen molar-refractivity contribution in [2.75, 3.05) is 26.2 Å². The normalized spacial score (nSPS) is 13.7. The van der Waals surface area contributed by atoms with Gasteiger partial charge >= 0.3 is 5.97 Å². The number of nitrogens with zero attached hydrogens (tertiary/aromatic N) is 1. The highest BCUT2D eigenvalue weighted by atomic mass is 16.5. The molecular formula is C48H93NO4. The van der Waals surface area contributed by atoms with E-state index < -0.39 is 0 Å². The molecule has 0 aromatic carbocycles. The van der Waals surface area contributed by atoms with Crippen molar-refractivity contribution in [1.82, 2.24) is 4.90 Å². The minimum absolute atomic E-state index is 0.0219. The Morgan fingerprint density at radius 1 is 0.528 bits per heavy atom. The zero-order chi connectivity index (χ0) is 38.5. The van der Waals surface area contributed by atoms with Crippen LogP contribution in [0.1, 0.15) is 252 Å². The first-order valence-electron chi connectivity index (χ1n) is 24.1. The van der Waals surface area contributed by atoms with Gasteiger partial charge in [0, 0.05) is 25.8 Å². The molecule has 314 valence electrons. The Hall–Kier alpha value is -0.940. The topological polar surface area (TPSA) is 66.8 Å². The van der Waals surface area contributed by atoms with Crippen LogP contribution in [0.5, 0.6) is 0 Å². The van der Waals surface area contributed by atoms with Gasteiger partial charge in [0.05, 0.1) is 6.61 Å². The molecule has 1 aliphatic rings. The number of unbranched alkanes of at least 4 members (excludes halogenated alkanes) is 23. The smallest absolute Gasteiger partial charge is 0.306 e. The fraction of sp³-hybridized carbons (Fsp3) is 0.958. The van der Waals surface area contributed by atoms with Crippen LogP contribution in [0.3, 0.4) is 0 Å². The van der Waals surface area contributed by atoms with Crippen molar-refractivity contribution in [3.8, 4) is 0 Å². The zero-order valence-corrected chi connectivity index (χ0v) is 36.1. The van der Waals surface area contributed by atoms with Gasteiger partial charge in [0.25, 0.3) is 0 Å². The van der Waals surface area contributed by atoms with Crippen molar-refractivity contribution in [1.29, 1.82) is 0 Å². The Morgan fingerprint density at radius 3 is 1.42 bits per heavy atom. The summed E-state index contributed by atoms with van der Waals surface area (Å²) in [4.78, 5) is 27.9. The SMILES string of the molecule is CCCCCCCCC(CCCCCCCC)OC(=O)CCCCCCCN(CCO)CCCCCCCC(=O)CC(CCCCCCCC)C1CC1. The van der Waals surface area contributed by atoms with Gasteiger partial charge in [0.2, 0.25) is 0 Å². The molecule has 5 nitrogen and oxygen atoms in total. The number of aliphatic hydroxyl groups is 1. The van der Waals surface area contributed by atoms with E-state index in [2.05, 4.69) is 25.7 Å². The van der Waals surface area contributed by atoms with Gasteiger partial charge in [-0.05, 0) is 95.6 Å². The van der Waals surface area contributed by atoms with Crippen LogP contribution < -0.4 is 0 Å². The standard InChI is InChI=1S/C48H93NO4/c1-4-7-10-13-18-25-32-45(44-37-38-44)43-46(51)33-26-19-16-23-30-39-49(41-42-50)40-31-24-17-22-29-36-48(52)53-47(34-27-20-14-11-8-5-2)35-28-21-15-12-9-6-3/h44-45,47,50H,4-43H2,1-3H3. The Morgan fingerprint density at radius 2 is 0.943 bits per heavy atom. The summed E-state index contributed by atoms with van der Waals surface area (Å²) in [6.45, 7) is 9.91. The van der Waals surface area contributed by atoms with Crippen LogP contribution in [0, 0.1) is 11.8 Å². The molecular weight excluding hydrogens is 655 g/mol. The summed E-state index contributed by atoms with van der Waals surface area (Å²) in [6, 6.07) is 0. The maximum atomic E-state index is 12.7. The van der Waals surface area contributed by atoms with Gasteiger partial charge in [-0.15, -0.1) is 0 Å². The van der Waals surface area contributed by atoms with Crippen molar-refractivity contribution in [2.45, 2.75) is 258 Å². The largest absolute Gasteiger partial charge is 0.462 e. The van der Waals surface area contributed by atoms with E-state index in [1.165, 1.54) is 173 Å². The molecule has 1 rings (SSSR count). The first-order chi connectivity index (χ1) is 26.0. The van der Waals surface area contributed by atoms with Gasteiger partial charge in [-0.1, -0.05) is 162 Å². The number of aliphatic hydroxyl groups excluding tert-OH is 1. The number of rotatable bonds is 43. The Balaban J connectivity index is 2.12. The van der Waals surface area contributed by atoms with E-state index in [1.54, 1.807) is 0 Å². The van der Waals surface area contributed by atoms with Crippen LogP contribution >= 0.6 is 0 Å². The number of ether oxygens (including phenoxy) is 1. The summed E-state index contributed by atoms with van der Waals surface area (Å²) in [5, 5.41) is 9.61. The van der Waals surface area contributed by atoms with Gasteiger partial charge in [0.15, 0.2) is 0 Å². The van der Waals surface area contributed by atoms with Crippen molar-refractivity contribution < 1.29 is 19.4 Å². The lowest BCUT2D eigenvalue weighted by Crippen LogP contribution is -2.29. The summed E-state index contributed by atoms with van der Waals surface area (Å²) in [6.07, 6.45) is 43.3. The van der Waals surface area contributed by atoms with E-state index in [4.69, 9.17) is 4.74 Å². The fourth-order valence-corrected chi connectivity index (χ4v) is 8.26. The number of hydrogen-bond acceptors (Lipinski definition) is 5. The van der Waals surface area contributed by atoms with Crippen LogP contribution in [-0.2, 0) is 14.3 Å². The number of esters is 1. The molecule has 0 saturated heterocycles. The second-order valence-corrected chi connectivity index (χ2v) is 17.2. The van der Waals surface area contributed by atoms with E-state index in [-0.39, 0.29) is 18.7 Å². The number of carbonyl (C=O) groups is 2. The average Bonchev–Trinajstić information content (AvgIpc) is 4.00. The van der Waals surface area contributed by atoms with Gasteiger partial charge in [-0.25, -0.2) is 0 Å². The summed E-state index contributed by atoms with van der Waals surface area (Å²) in [5.41, 5.74) is 0. The average molecular weight is 748 g/mol. The third-order valence-corrected chi connectivity index (χ3v) is 12.0. The molecule has 53 heavy (non-hydrogen) atoms. The summed E-state index contributed by atoms with van der Waals surface area (Å²) in [7, 11) is 0. The number of Topliss-reactive ketones (excluding diaryl/α,β-unsaturated/α-hetero) is 1. The van der Waals surface area contributed by atoms with E-state index in [9.17, 15) is 14.7 Å². The van der Waals surface area contributed by atoms with E-state index in [1.807, 2.05) is 0 Å². The number of hydrogen-bond donors (Lipinski definition) is 1. The lowest BCUT2D eigenvalue weighted by molar-refractivity contribution is -0.150. The molecule has 0 spiro atoms. The second kappa shape index (κ2) is 38.0. The maximum absolute atomic E-state index is 12.7. The van der Waals surface area contributed by atoms with Gasteiger partial charge < -0.3 is 14.7 Å². The van der Waals surface area contributed by atoms with Crippen LogP contribution in [-0.4, -0.2) is 54.1 Å². The second-order valence-electron chi connectivity index (χ2n) is 17.2. The van der Waals surface area contributed by atoms with Gasteiger partial charge in [0.1, 0.15) is 11.9 Å². The molecule has 1 fully saturated rings. The molecule has 0 bridgehead atoms. The molecule has 1 N–H and O–H groups in total. The number of carbonyl (C=O) groups excluding carboxylic acids is 2. The molecule has 1 unspecified atom stereocenters. The molecule has 5 heteroatoms. The van der Waals surface area contributed by atoms with E-state index in [0.717, 1.165) is 76.9 Å². The van der Waals surface area contributed by atoms with E-state index >= 15 is 0 Å². The monoisotopic (exact) mass is 748 g/mol. The lowest BCUT2D eigenvalue weighted by atomic mass is 9.89. The van der Waals surface area contributed by atoms with Gasteiger partial charge in [-0.2, -0.15) is 0 Å². The Kier molecular flexibility index (Phi) is 35.9. The summed E-state index contributed by atoms with van der Waals surface area (Å²) in [5.74, 6) is 2.07. The van der Waals surface area contributed by atoms with Crippen molar-refractivity contribution >= 4 is 11.8 Å². The van der Waals surface area contributed by atoms with Crippen LogP contribution in [0.2, 0.25) is 0 Å². The lowest BCUT2D eigenvalue weighted by Gasteiger charge is -2.21. The molecule has 1 aliphatic carbocycles. The van der Waals surface area contributed by atoms with Crippen LogP contribution in [0.4, 0.5) is 0 Å². The third-order valence-electron chi connectivity index (χ3n) is 12.0. The molecule has 0 aromatic rings. The first kappa shape index (κ1) is 50.1. The first-order valence-corrected chi connectivity index (χ1v) is 24.1. The molecule has 0 amide bonds. The van der Waals surface area contributed by atoms with Crippen LogP contribution in [0.25, 0.3) is 0 Å². The fourth-order valence-electron chi connectivity index (χ4n) is 8.26. The maximum Gasteiger partial charge on any atom is 0.306 e. The molecule has 0 aliphatic heterocycles. The molecule has 1 atom stereocenters. The molecule has 0 aromatic heterocycles. The van der Waals surface area contributed by atoms with Crippen molar-refractivity contribution in [3.05, 3.63) is 0 Å². The Bertz CT molecular complexity index is 782.